The molecule has 5 nitrogen and oxygen atoms in total. The first-order chi connectivity index (χ1) is 9.08. The van der Waals surface area contributed by atoms with Crippen LogP contribution in [0.5, 0.6) is 0 Å². The van der Waals surface area contributed by atoms with Gasteiger partial charge in [-0.05, 0) is 24.6 Å². The van der Waals surface area contributed by atoms with Crippen LogP contribution in [-0.2, 0) is 6.54 Å². The van der Waals surface area contributed by atoms with Crippen LogP contribution < -0.4 is 5.43 Å². The van der Waals surface area contributed by atoms with Gasteiger partial charge in [0.15, 0.2) is 5.43 Å². The quantitative estimate of drug-likeness (QED) is 0.902. The van der Waals surface area contributed by atoms with Gasteiger partial charge in [0.2, 0.25) is 0 Å². The van der Waals surface area contributed by atoms with Crippen LogP contribution in [0.4, 0.5) is 0 Å². The van der Waals surface area contributed by atoms with Crippen LogP contribution in [0, 0.1) is 6.92 Å². The van der Waals surface area contributed by atoms with E-state index in [0.29, 0.717) is 6.54 Å². The molecule has 0 atom stereocenters. The fraction of sp³-hybridized carbons (Fsp3) is 0.214. The number of hydrogen-bond donors (Lipinski definition) is 1. The van der Waals surface area contributed by atoms with E-state index >= 15 is 0 Å². The SMILES string of the molecule is Cc1cc(=O)c(C(=O)N(C)Cc2ccncc2)c[nH]1. The maximum Gasteiger partial charge on any atom is 0.259 e. The molecule has 1 N–H and O–H groups in total. The Bertz CT molecular complexity index is 635. The first-order valence-corrected chi connectivity index (χ1v) is 5.91. The summed E-state index contributed by atoms with van der Waals surface area (Å²) in [6.07, 6.45) is 4.81. The van der Waals surface area contributed by atoms with Crippen LogP contribution in [0.25, 0.3) is 0 Å². The van der Waals surface area contributed by atoms with Crippen molar-refractivity contribution >= 4 is 5.91 Å². The summed E-state index contributed by atoms with van der Waals surface area (Å²) in [7, 11) is 1.67. The summed E-state index contributed by atoms with van der Waals surface area (Å²) >= 11 is 0. The zero-order valence-electron chi connectivity index (χ0n) is 10.9. The molecule has 0 aliphatic heterocycles. The minimum absolute atomic E-state index is 0.155. The smallest absolute Gasteiger partial charge is 0.259 e. The van der Waals surface area contributed by atoms with Gasteiger partial charge >= 0.3 is 0 Å². The molecule has 2 heterocycles. The third-order valence-corrected chi connectivity index (χ3v) is 2.80. The Kier molecular flexibility index (Phi) is 3.75. The van der Waals surface area contributed by atoms with Gasteiger partial charge in [-0.3, -0.25) is 14.6 Å². The number of nitrogens with zero attached hydrogens (tertiary/aromatic N) is 2. The highest BCUT2D eigenvalue weighted by atomic mass is 16.2. The second-order valence-corrected chi connectivity index (χ2v) is 4.41. The van der Waals surface area contributed by atoms with Gasteiger partial charge in [-0.25, -0.2) is 0 Å². The number of aromatic nitrogens is 2. The highest BCUT2D eigenvalue weighted by molar-refractivity contribution is 5.93. The van der Waals surface area contributed by atoms with Gasteiger partial charge < -0.3 is 9.88 Å². The molecule has 0 saturated carbocycles. The molecule has 2 aromatic heterocycles. The summed E-state index contributed by atoms with van der Waals surface area (Å²) in [6, 6.07) is 5.10. The molecule has 0 fully saturated rings. The summed E-state index contributed by atoms with van der Waals surface area (Å²) in [5.74, 6) is -0.293. The maximum atomic E-state index is 12.2. The zero-order chi connectivity index (χ0) is 13.8. The summed E-state index contributed by atoms with van der Waals surface area (Å²) in [6.45, 7) is 2.21. The molecule has 1 amide bonds. The number of hydrogen-bond acceptors (Lipinski definition) is 3. The molecule has 2 aromatic rings. The number of aromatic amines is 1. The number of amides is 1. The van der Waals surface area contributed by atoms with Crippen molar-refractivity contribution in [2.24, 2.45) is 0 Å². The lowest BCUT2D eigenvalue weighted by molar-refractivity contribution is 0.0783. The molecule has 0 unspecified atom stereocenters. The monoisotopic (exact) mass is 257 g/mol. The molecule has 0 spiro atoms. The first-order valence-electron chi connectivity index (χ1n) is 5.91. The zero-order valence-corrected chi connectivity index (χ0v) is 10.9. The lowest BCUT2D eigenvalue weighted by Crippen LogP contribution is -2.30. The molecule has 0 aliphatic carbocycles. The van der Waals surface area contributed by atoms with Crippen molar-refractivity contribution in [2.45, 2.75) is 13.5 Å². The van der Waals surface area contributed by atoms with Crippen LogP contribution in [0.3, 0.4) is 0 Å². The number of nitrogens with one attached hydrogen (secondary N) is 1. The Morgan fingerprint density at radius 1 is 1.37 bits per heavy atom. The molecule has 5 heteroatoms. The fourth-order valence-electron chi connectivity index (χ4n) is 1.78. The van der Waals surface area contributed by atoms with Crippen molar-refractivity contribution in [2.75, 3.05) is 7.05 Å². The Morgan fingerprint density at radius 3 is 2.68 bits per heavy atom. The van der Waals surface area contributed by atoms with Crippen molar-refractivity contribution in [1.29, 1.82) is 0 Å². The van der Waals surface area contributed by atoms with Gasteiger partial charge in [0.1, 0.15) is 5.56 Å². The number of pyridine rings is 2. The van der Waals surface area contributed by atoms with Gasteiger partial charge in [0.05, 0.1) is 0 Å². The predicted molar refractivity (Wildman–Crippen MR) is 71.8 cm³/mol. The van der Waals surface area contributed by atoms with Gasteiger partial charge in [-0.1, -0.05) is 0 Å². The summed E-state index contributed by atoms with van der Waals surface area (Å²) in [5.41, 5.74) is 1.60. The largest absolute Gasteiger partial charge is 0.364 e. The first kappa shape index (κ1) is 13.0. The van der Waals surface area contributed by atoms with Crippen molar-refractivity contribution in [3.8, 4) is 0 Å². The summed E-state index contributed by atoms with van der Waals surface area (Å²) in [5, 5.41) is 0. The van der Waals surface area contributed by atoms with E-state index in [4.69, 9.17) is 0 Å². The third kappa shape index (κ3) is 3.07. The standard InChI is InChI=1S/C14H15N3O2/c1-10-7-13(18)12(8-16-10)14(19)17(2)9-11-3-5-15-6-4-11/h3-8H,9H2,1-2H3,(H,16,18). The van der Waals surface area contributed by atoms with Gasteiger partial charge in [-0.2, -0.15) is 0 Å². The van der Waals surface area contributed by atoms with Crippen molar-refractivity contribution in [3.05, 3.63) is 63.8 Å². The van der Waals surface area contributed by atoms with Crippen LogP contribution in [0.1, 0.15) is 21.6 Å². The maximum absolute atomic E-state index is 12.2. The average molecular weight is 257 g/mol. The number of H-pyrrole nitrogens is 1. The molecule has 98 valence electrons. The molecule has 0 saturated heterocycles. The molecule has 19 heavy (non-hydrogen) atoms. The van der Waals surface area contributed by atoms with Crippen molar-refractivity contribution in [1.82, 2.24) is 14.9 Å². The molecule has 2 rings (SSSR count). The predicted octanol–water partition coefficient (Wildman–Crippen LogP) is 1.35. The van der Waals surface area contributed by atoms with Crippen LogP contribution >= 0.6 is 0 Å². The second-order valence-electron chi connectivity index (χ2n) is 4.41. The van der Waals surface area contributed by atoms with Crippen LogP contribution in [0.15, 0.2) is 41.6 Å². The lowest BCUT2D eigenvalue weighted by atomic mass is 10.2. The summed E-state index contributed by atoms with van der Waals surface area (Å²) < 4.78 is 0. The molecular weight excluding hydrogens is 242 g/mol. The topological polar surface area (TPSA) is 66.1 Å². The van der Waals surface area contributed by atoms with Crippen LogP contribution in [-0.4, -0.2) is 27.8 Å². The van der Waals surface area contributed by atoms with E-state index in [1.54, 1.807) is 26.4 Å². The van der Waals surface area contributed by atoms with Gasteiger partial charge in [-0.15, -0.1) is 0 Å². The molecule has 0 aromatic carbocycles. The highest BCUT2D eigenvalue weighted by Crippen LogP contribution is 2.04. The number of carbonyl (C=O) groups is 1. The lowest BCUT2D eigenvalue weighted by Gasteiger charge is -2.16. The van der Waals surface area contributed by atoms with Crippen molar-refractivity contribution in [3.63, 3.8) is 0 Å². The van der Waals surface area contributed by atoms with E-state index in [-0.39, 0.29) is 16.9 Å². The van der Waals surface area contributed by atoms with E-state index in [1.807, 2.05) is 12.1 Å². The molecular formula is C14H15N3O2. The molecule has 0 radical (unpaired) electrons. The Morgan fingerprint density at radius 2 is 2.05 bits per heavy atom. The minimum Gasteiger partial charge on any atom is -0.364 e. The third-order valence-electron chi connectivity index (χ3n) is 2.80. The van der Waals surface area contributed by atoms with E-state index in [2.05, 4.69) is 9.97 Å². The Balaban J connectivity index is 2.17. The van der Waals surface area contributed by atoms with Crippen molar-refractivity contribution < 1.29 is 4.79 Å². The van der Waals surface area contributed by atoms with Gasteiger partial charge in [0.25, 0.3) is 5.91 Å². The van der Waals surface area contributed by atoms with Gasteiger partial charge in [0, 0.05) is 43.9 Å². The van der Waals surface area contributed by atoms with Crippen LogP contribution in [0.2, 0.25) is 0 Å². The van der Waals surface area contributed by atoms with E-state index in [1.165, 1.54) is 17.2 Å². The molecule has 0 aliphatic rings. The highest BCUT2D eigenvalue weighted by Gasteiger charge is 2.15. The average Bonchev–Trinajstić information content (AvgIpc) is 2.39. The van der Waals surface area contributed by atoms with E-state index in [9.17, 15) is 9.59 Å². The number of rotatable bonds is 3. The Labute approximate surface area is 110 Å². The normalized spacial score (nSPS) is 10.2. The Hall–Kier alpha value is -2.43. The number of aryl methyl sites for hydroxylation is 1. The fourth-order valence-corrected chi connectivity index (χ4v) is 1.78. The molecule has 0 bridgehead atoms. The number of carbonyl (C=O) groups excluding carboxylic acids is 1. The van der Waals surface area contributed by atoms with E-state index < -0.39 is 0 Å². The second kappa shape index (κ2) is 5.48. The minimum atomic E-state index is -0.293. The summed E-state index contributed by atoms with van der Waals surface area (Å²) in [4.78, 5) is 32.2. The van der Waals surface area contributed by atoms with E-state index in [0.717, 1.165) is 11.3 Å².